The van der Waals surface area contributed by atoms with Crippen LogP contribution in [0.1, 0.15) is 67.7 Å². The van der Waals surface area contributed by atoms with Crippen LogP contribution in [0.15, 0.2) is 0 Å². The van der Waals surface area contributed by atoms with E-state index in [1.165, 1.54) is 19.3 Å². The first-order valence-corrected chi connectivity index (χ1v) is 6.89. The van der Waals surface area contributed by atoms with E-state index in [1.807, 2.05) is 0 Å². The molecule has 0 radical (unpaired) electrons. The number of fused-ring (bicyclic) bond motifs is 3. The van der Waals surface area contributed by atoms with Gasteiger partial charge in [0.25, 0.3) is 0 Å². The Labute approximate surface area is 102 Å². The molecule has 0 amide bonds. The third-order valence-corrected chi connectivity index (χ3v) is 5.14. The zero-order valence-corrected chi connectivity index (χ0v) is 12.2. The molecular weight excluding hydrogens is 194 g/mol. The fourth-order valence-electron chi connectivity index (χ4n) is 5.48. The van der Waals surface area contributed by atoms with Gasteiger partial charge in [-0.1, -0.05) is 6.92 Å². The van der Waals surface area contributed by atoms with Crippen molar-refractivity contribution < 1.29 is 0 Å². The Bertz CT molecular complexity index is 282. The maximum Gasteiger partial charge on any atom is 0.0194 e. The molecule has 1 aliphatic carbocycles. The maximum absolute atomic E-state index is 2.82. The summed E-state index contributed by atoms with van der Waals surface area (Å²) in [6.07, 6.45) is 4.21. The van der Waals surface area contributed by atoms with Crippen molar-refractivity contribution in [2.75, 3.05) is 0 Å². The average Bonchev–Trinajstić information content (AvgIpc) is 1.95. The molecular formula is C15H29N. The predicted octanol–water partition coefficient (Wildman–Crippen LogP) is 4.07. The van der Waals surface area contributed by atoms with Crippen LogP contribution in [0.2, 0.25) is 0 Å². The van der Waals surface area contributed by atoms with Crippen LogP contribution in [-0.4, -0.2) is 21.5 Å². The van der Waals surface area contributed by atoms with E-state index < -0.39 is 0 Å². The van der Waals surface area contributed by atoms with Crippen LogP contribution in [0.5, 0.6) is 0 Å². The van der Waals surface area contributed by atoms with Gasteiger partial charge in [-0.15, -0.1) is 0 Å². The van der Waals surface area contributed by atoms with Gasteiger partial charge in [-0.2, -0.15) is 0 Å². The van der Waals surface area contributed by atoms with Gasteiger partial charge in [-0.25, -0.2) is 0 Å². The standard InChI is InChI=1S/C15H29N/c1-11-10-15(7)9-8-12(11)14(5,6)16(15)13(2,3)4/h11-12H,8-10H2,1-7H3/t11-,12+,15-/m1/s1. The summed E-state index contributed by atoms with van der Waals surface area (Å²) in [6, 6.07) is 0. The Morgan fingerprint density at radius 1 is 1.12 bits per heavy atom. The molecule has 0 aromatic carbocycles. The van der Waals surface area contributed by atoms with Gasteiger partial charge in [-0.05, 0) is 72.6 Å². The van der Waals surface area contributed by atoms with Crippen LogP contribution in [0.25, 0.3) is 0 Å². The van der Waals surface area contributed by atoms with E-state index in [0.29, 0.717) is 11.1 Å². The molecule has 2 heterocycles. The van der Waals surface area contributed by atoms with Crippen molar-refractivity contribution in [1.29, 1.82) is 0 Å². The van der Waals surface area contributed by atoms with Crippen molar-refractivity contribution in [3.05, 3.63) is 0 Å². The minimum Gasteiger partial charge on any atom is -0.288 e. The van der Waals surface area contributed by atoms with Gasteiger partial charge in [0, 0.05) is 16.6 Å². The summed E-state index contributed by atoms with van der Waals surface area (Å²) in [6.45, 7) is 17.0. The first kappa shape index (κ1) is 12.4. The van der Waals surface area contributed by atoms with Crippen LogP contribution in [0.4, 0.5) is 0 Å². The maximum atomic E-state index is 2.82. The molecule has 0 unspecified atom stereocenters. The molecule has 1 heteroatoms. The van der Waals surface area contributed by atoms with Gasteiger partial charge in [0.15, 0.2) is 0 Å². The van der Waals surface area contributed by atoms with Gasteiger partial charge in [0.2, 0.25) is 0 Å². The fraction of sp³-hybridized carbons (Fsp3) is 1.00. The lowest BCUT2D eigenvalue weighted by molar-refractivity contribution is -0.184. The van der Waals surface area contributed by atoms with Crippen molar-refractivity contribution in [2.45, 2.75) is 84.3 Å². The van der Waals surface area contributed by atoms with Crippen LogP contribution < -0.4 is 0 Å². The van der Waals surface area contributed by atoms with Gasteiger partial charge >= 0.3 is 0 Å². The lowest BCUT2D eigenvalue weighted by atomic mass is 9.56. The third-order valence-electron chi connectivity index (χ3n) is 5.14. The minimum absolute atomic E-state index is 0.289. The van der Waals surface area contributed by atoms with Crippen molar-refractivity contribution in [2.24, 2.45) is 11.8 Å². The Kier molecular flexibility index (Phi) is 2.52. The largest absolute Gasteiger partial charge is 0.288 e. The summed E-state index contributed by atoms with van der Waals surface area (Å²) in [5, 5.41) is 0. The molecule has 16 heavy (non-hydrogen) atoms. The quantitative estimate of drug-likeness (QED) is 0.598. The second-order valence-corrected chi connectivity index (χ2v) is 7.98. The lowest BCUT2D eigenvalue weighted by Crippen LogP contribution is -2.73. The summed E-state index contributed by atoms with van der Waals surface area (Å²) in [4.78, 5) is 2.82. The highest BCUT2D eigenvalue weighted by Crippen LogP contribution is 2.56. The minimum atomic E-state index is 0.289. The molecule has 0 aromatic rings. The van der Waals surface area contributed by atoms with E-state index >= 15 is 0 Å². The molecule has 3 aliphatic rings. The van der Waals surface area contributed by atoms with E-state index in [1.54, 1.807) is 0 Å². The van der Waals surface area contributed by atoms with Crippen molar-refractivity contribution in [3.8, 4) is 0 Å². The lowest BCUT2D eigenvalue weighted by Gasteiger charge is -2.68. The zero-order valence-electron chi connectivity index (χ0n) is 12.2. The monoisotopic (exact) mass is 223 g/mol. The molecule has 2 bridgehead atoms. The number of rotatable bonds is 0. The summed E-state index contributed by atoms with van der Waals surface area (Å²) < 4.78 is 0. The van der Waals surface area contributed by atoms with E-state index in [9.17, 15) is 0 Å². The first-order valence-electron chi connectivity index (χ1n) is 6.89. The Morgan fingerprint density at radius 2 is 1.69 bits per heavy atom. The Hall–Kier alpha value is -0.0400. The number of hydrogen-bond donors (Lipinski definition) is 0. The Morgan fingerprint density at radius 3 is 2.06 bits per heavy atom. The number of piperidine rings is 2. The van der Waals surface area contributed by atoms with Gasteiger partial charge < -0.3 is 0 Å². The smallest absolute Gasteiger partial charge is 0.0194 e. The molecule has 1 saturated carbocycles. The highest BCUT2D eigenvalue weighted by Gasteiger charge is 2.58. The highest BCUT2D eigenvalue weighted by atomic mass is 15.3. The first-order chi connectivity index (χ1) is 7.09. The van der Waals surface area contributed by atoms with Crippen molar-refractivity contribution in [3.63, 3.8) is 0 Å². The number of nitrogens with zero attached hydrogens (tertiary/aromatic N) is 1. The zero-order chi connectivity index (χ0) is 12.4. The van der Waals surface area contributed by atoms with Crippen LogP contribution >= 0.6 is 0 Å². The van der Waals surface area contributed by atoms with E-state index in [2.05, 4.69) is 53.4 Å². The third kappa shape index (κ3) is 1.54. The molecule has 0 spiro atoms. The Balaban J connectivity index is 2.45. The summed E-state index contributed by atoms with van der Waals surface area (Å²) >= 11 is 0. The molecule has 94 valence electrons. The molecule has 3 rings (SSSR count). The fourth-order valence-corrected chi connectivity index (χ4v) is 5.48. The normalized spacial score (nSPS) is 43.7. The van der Waals surface area contributed by atoms with Crippen LogP contribution in [0.3, 0.4) is 0 Å². The molecule has 0 aromatic heterocycles. The molecule has 3 fully saturated rings. The van der Waals surface area contributed by atoms with Crippen LogP contribution in [-0.2, 0) is 0 Å². The molecule has 3 atom stereocenters. The molecule has 2 aliphatic heterocycles. The van der Waals surface area contributed by atoms with Crippen molar-refractivity contribution >= 4 is 0 Å². The van der Waals surface area contributed by atoms with E-state index in [0.717, 1.165) is 11.8 Å². The van der Waals surface area contributed by atoms with Crippen LogP contribution in [0, 0.1) is 11.8 Å². The summed E-state index contributed by atoms with van der Waals surface area (Å²) in [5.74, 6) is 1.78. The molecule has 1 nitrogen and oxygen atoms in total. The average molecular weight is 223 g/mol. The summed E-state index contributed by atoms with van der Waals surface area (Å²) in [7, 11) is 0. The second-order valence-electron chi connectivity index (χ2n) is 7.98. The SMILES string of the molecule is C[C@@H]1C[C@@]2(C)CC[C@@H]1C(C)(C)N2C(C)(C)C. The number of hydrogen-bond acceptors (Lipinski definition) is 1. The van der Waals surface area contributed by atoms with Crippen molar-refractivity contribution in [1.82, 2.24) is 4.90 Å². The predicted molar refractivity (Wildman–Crippen MR) is 70.6 cm³/mol. The highest BCUT2D eigenvalue weighted by molar-refractivity contribution is 5.13. The van der Waals surface area contributed by atoms with Gasteiger partial charge in [0.1, 0.15) is 0 Å². The van der Waals surface area contributed by atoms with E-state index in [-0.39, 0.29) is 5.54 Å². The summed E-state index contributed by atoms with van der Waals surface area (Å²) in [5.41, 5.74) is 1.08. The topological polar surface area (TPSA) is 3.24 Å². The second kappa shape index (κ2) is 3.25. The van der Waals surface area contributed by atoms with Gasteiger partial charge in [-0.3, -0.25) is 4.90 Å². The molecule has 2 saturated heterocycles. The van der Waals surface area contributed by atoms with Gasteiger partial charge in [0.05, 0.1) is 0 Å². The van der Waals surface area contributed by atoms with E-state index in [4.69, 9.17) is 0 Å². The molecule has 0 N–H and O–H groups in total.